The van der Waals surface area contributed by atoms with E-state index in [-0.39, 0.29) is 33.2 Å². The molecule has 0 bridgehead atoms. The first-order valence-corrected chi connectivity index (χ1v) is 11.6. The van der Waals surface area contributed by atoms with E-state index in [1.807, 2.05) is 53.7 Å². The zero-order chi connectivity index (χ0) is 26.2. The SMILES string of the molecule is CC(C)(C)c1cc(O)c(C(C)(C)C)cc1O.COc1cc(C(C)(C)C)c(O)c(C(C)(C)C)c1. The third-order valence-electron chi connectivity index (χ3n) is 5.67. The van der Waals surface area contributed by atoms with Gasteiger partial charge >= 0.3 is 0 Å². The lowest BCUT2D eigenvalue weighted by atomic mass is 9.79. The largest absolute Gasteiger partial charge is 0.508 e. The van der Waals surface area contributed by atoms with E-state index in [0.29, 0.717) is 5.75 Å². The van der Waals surface area contributed by atoms with Crippen LogP contribution in [0.2, 0.25) is 0 Å². The molecule has 0 amide bonds. The molecule has 2 aromatic carbocycles. The van der Waals surface area contributed by atoms with Gasteiger partial charge in [0.15, 0.2) is 0 Å². The number of phenols is 3. The average Bonchev–Trinajstić information content (AvgIpc) is 2.60. The molecule has 0 saturated heterocycles. The van der Waals surface area contributed by atoms with Crippen LogP contribution in [0, 0.1) is 0 Å². The summed E-state index contributed by atoms with van der Waals surface area (Å²) in [5, 5.41) is 30.4. The molecule has 4 nitrogen and oxygen atoms in total. The van der Waals surface area contributed by atoms with Gasteiger partial charge in [0.05, 0.1) is 7.11 Å². The van der Waals surface area contributed by atoms with Crippen LogP contribution in [0.3, 0.4) is 0 Å². The second kappa shape index (κ2) is 9.48. The maximum absolute atomic E-state index is 10.4. The molecule has 0 heterocycles. The number of hydrogen-bond donors (Lipinski definition) is 3. The van der Waals surface area contributed by atoms with Crippen LogP contribution in [0.5, 0.6) is 23.0 Å². The Hall–Kier alpha value is -2.36. The maximum Gasteiger partial charge on any atom is 0.123 e. The Morgan fingerprint density at radius 2 is 0.758 bits per heavy atom. The molecule has 2 aromatic rings. The summed E-state index contributed by atoms with van der Waals surface area (Å²) in [7, 11) is 1.66. The van der Waals surface area contributed by atoms with Gasteiger partial charge in [0, 0.05) is 22.3 Å². The van der Waals surface area contributed by atoms with Crippen molar-refractivity contribution in [3.8, 4) is 23.0 Å². The molecule has 0 fully saturated rings. The van der Waals surface area contributed by atoms with Crippen molar-refractivity contribution in [2.45, 2.75) is 105 Å². The second-order valence-electron chi connectivity index (χ2n) is 13.0. The molecule has 0 aliphatic rings. The van der Waals surface area contributed by atoms with Crippen molar-refractivity contribution >= 4 is 0 Å². The van der Waals surface area contributed by atoms with Gasteiger partial charge in [-0.2, -0.15) is 0 Å². The van der Waals surface area contributed by atoms with Gasteiger partial charge in [-0.05, 0) is 45.9 Å². The molecule has 0 saturated carbocycles. The van der Waals surface area contributed by atoms with E-state index in [0.717, 1.165) is 28.0 Å². The predicted molar refractivity (Wildman–Crippen MR) is 139 cm³/mol. The molecule has 0 atom stereocenters. The highest BCUT2D eigenvalue weighted by molar-refractivity contribution is 5.52. The van der Waals surface area contributed by atoms with Crippen LogP contribution in [0.15, 0.2) is 24.3 Å². The van der Waals surface area contributed by atoms with Crippen molar-refractivity contribution in [3.05, 3.63) is 46.5 Å². The molecule has 2 rings (SSSR count). The van der Waals surface area contributed by atoms with E-state index in [1.54, 1.807) is 19.2 Å². The van der Waals surface area contributed by atoms with Crippen LogP contribution in [0.25, 0.3) is 0 Å². The van der Waals surface area contributed by atoms with E-state index in [1.165, 1.54) is 0 Å². The normalized spacial score (nSPS) is 12.8. The Bertz CT molecular complexity index is 885. The smallest absolute Gasteiger partial charge is 0.123 e. The highest BCUT2D eigenvalue weighted by Gasteiger charge is 2.27. The highest BCUT2D eigenvalue weighted by Crippen LogP contribution is 2.42. The van der Waals surface area contributed by atoms with Crippen LogP contribution in [-0.2, 0) is 21.7 Å². The summed E-state index contributed by atoms with van der Waals surface area (Å²) in [6, 6.07) is 7.20. The monoisotopic (exact) mass is 458 g/mol. The molecule has 0 unspecified atom stereocenters. The number of ether oxygens (including phenoxy) is 1. The Balaban J connectivity index is 0.000000331. The van der Waals surface area contributed by atoms with E-state index in [4.69, 9.17) is 4.74 Å². The summed E-state index contributed by atoms with van der Waals surface area (Å²) in [6.07, 6.45) is 0. The zero-order valence-corrected chi connectivity index (χ0v) is 23.1. The lowest BCUT2D eigenvalue weighted by molar-refractivity contribution is 0.395. The minimum atomic E-state index is -0.169. The first-order valence-electron chi connectivity index (χ1n) is 11.6. The summed E-state index contributed by atoms with van der Waals surface area (Å²) in [5.41, 5.74) is 2.88. The lowest BCUT2D eigenvalue weighted by Crippen LogP contribution is -2.17. The first kappa shape index (κ1) is 28.7. The molecule has 33 heavy (non-hydrogen) atoms. The molecule has 186 valence electrons. The van der Waals surface area contributed by atoms with Gasteiger partial charge in [0.25, 0.3) is 0 Å². The number of rotatable bonds is 1. The molecule has 0 radical (unpaired) electrons. The van der Waals surface area contributed by atoms with E-state index in [2.05, 4.69) is 41.5 Å². The van der Waals surface area contributed by atoms with Crippen molar-refractivity contribution in [1.29, 1.82) is 0 Å². The predicted octanol–water partition coefficient (Wildman–Crippen LogP) is 7.69. The number of aromatic hydroxyl groups is 3. The number of phenolic OH excluding ortho intramolecular Hbond substituents is 3. The van der Waals surface area contributed by atoms with Gasteiger partial charge in [-0.1, -0.05) is 83.1 Å². The van der Waals surface area contributed by atoms with Gasteiger partial charge < -0.3 is 20.1 Å². The van der Waals surface area contributed by atoms with Crippen molar-refractivity contribution in [2.24, 2.45) is 0 Å². The fourth-order valence-corrected chi connectivity index (χ4v) is 3.65. The summed E-state index contributed by atoms with van der Waals surface area (Å²) >= 11 is 0. The number of methoxy groups -OCH3 is 1. The number of hydrogen-bond acceptors (Lipinski definition) is 4. The van der Waals surface area contributed by atoms with Gasteiger partial charge in [0.2, 0.25) is 0 Å². The summed E-state index contributed by atoms with van der Waals surface area (Å²) < 4.78 is 5.33. The third kappa shape index (κ3) is 7.31. The second-order valence-corrected chi connectivity index (χ2v) is 13.0. The Kier molecular flexibility index (Phi) is 8.24. The molecule has 0 aliphatic heterocycles. The quantitative estimate of drug-likeness (QED) is 0.383. The molecular formula is C29H46O4. The summed E-state index contributed by atoms with van der Waals surface area (Å²) in [5.74, 6) is 1.72. The molecule has 4 heteroatoms. The Labute approximate surface area is 201 Å². The maximum atomic E-state index is 10.4. The van der Waals surface area contributed by atoms with Gasteiger partial charge in [-0.25, -0.2) is 0 Å². The first-order chi connectivity index (χ1) is 14.6. The van der Waals surface area contributed by atoms with Crippen molar-refractivity contribution in [1.82, 2.24) is 0 Å². The molecule has 3 N–H and O–H groups in total. The van der Waals surface area contributed by atoms with Crippen molar-refractivity contribution < 1.29 is 20.1 Å². The van der Waals surface area contributed by atoms with E-state index in [9.17, 15) is 15.3 Å². The topological polar surface area (TPSA) is 69.9 Å². The summed E-state index contributed by atoms with van der Waals surface area (Å²) in [4.78, 5) is 0. The molecule has 0 aromatic heterocycles. The van der Waals surface area contributed by atoms with Crippen LogP contribution in [-0.4, -0.2) is 22.4 Å². The minimum Gasteiger partial charge on any atom is -0.508 e. The third-order valence-corrected chi connectivity index (χ3v) is 5.67. The highest BCUT2D eigenvalue weighted by atomic mass is 16.5. The number of benzene rings is 2. The molecule has 0 spiro atoms. The van der Waals surface area contributed by atoms with E-state index < -0.39 is 0 Å². The van der Waals surface area contributed by atoms with Crippen LogP contribution < -0.4 is 4.74 Å². The molecule has 0 aliphatic carbocycles. The van der Waals surface area contributed by atoms with Crippen molar-refractivity contribution in [3.63, 3.8) is 0 Å². The van der Waals surface area contributed by atoms with Crippen LogP contribution in [0.1, 0.15) is 105 Å². The lowest BCUT2D eigenvalue weighted by Gasteiger charge is -2.27. The van der Waals surface area contributed by atoms with Gasteiger partial charge in [0.1, 0.15) is 23.0 Å². The van der Waals surface area contributed by atoms with Crippen molar-refractivity contribution in [2.75, 3.05) is 7.11 Å². The van der Waals surface area contributed by atoms with Crippen LogP contribution >= 0.6 is 0 Å². The van der Waals surface area contributed by atoms with E-state index >= 15 is 0 Å². The zero-order valence-electron chi connectivity index (χ0n) is 23.1. The Morgan fingerprint density at radius 1 is 0.485 bits per heavy atom. The Morgan fingerprint density at radius 3 is 0.970 bits per heavy atom. The van der Waals surface area contributed by atoms with Gasteiger partial charge in [-0.15, -0.1) is 0 Å². The van der Waals surface area contributed by atoms with Crippen LogP contribution in [0.4, 0.5) is 0 Å². The summed E-state index contributed by atoms with van der Waals surface area (Å²) in [6.45, 7) is 24.6. The standard InChI is InChI=1S/C15H24O2.C14H22O2/c1-14(2,3)11-8-10(17-7)9-12(13(11)16)15(4,5)6;1-13(2,3)9-7-12(16)10(8-11(9)15)14(4,5)6/h8-9,16H,1-7H3;7-8,15-16H,1-6H3. The fraction of sp³-hybridized carbons (Fsp3) is 0.586. The fourth-order valence-electron chi connectivity index (χ4n) is 3.65. The van der Waals surface area contributed by atoms with Gasteiger partial charge in [-0.3, -0.25) is 0 Å². The minimum absolute atomic E-state index is 0.0986. The molecular weight excluding hydrogens is 412 g/mol. The average molecular weight is 459 g/mol.